The lowest BCUT2D eigenvalue weighted by Gasteiger charge is -2.41. The van der Waals surface area contributed by atoms with Crippen molar-refractivity contribution >= 4 is 11.9 Å². The Hall–Kier alpha value is -2.08. The number of carbonyl (C=O) groups is 2. The van der Waals surface area contributed by atoms with Crippen molar-refractivity contribution in [1.82, 2.24) is 4.90 Å². The maximum absolute atomic E-state index is 12.6. The Kier molecular flexibility index (Phi) is 4.71. The quantitative estimate of drug-likeness (QED) is 0.917. The summed E-state index contributed by atoms with van der Waals surface area (Å²) < 4.78 is 10.9. The van der Waals surface area contributed by atoms with Crippen molar-refractivity contribution < 1.29 is 24.2 Å². The van der Waals surface area contributed by atoms with E-state index in [1.165, 1.54) is 0 Å². The van der Waals surface area contributed by atoms with Gasteiger partial charge in [0.15, 0.2) is 6.61 Å². The third-order valence-corrected chi connectivity index (χ3v) is 3.30. The number of amides is 1. The molecule has 22 heavy (non-hydrogen) atoms. The smallest absolute Gasteiger partial charge is 0.341 e. The molecule has 1 aliphatic rings. The molecule has 1 unspecified atom stereocenters. The molecule has 1 fully saturated rings. The number of benzene rings is 1. The fourth-order valence-electron chi connectivity index (χ4n) is 2.65. The zero-order chi connectivity index (χ0) is 16.3. The fraction of sp³-hybridized carbons (Fsp3) is 0.500. The van der Waals surface area contributed by atoms with Gasteiger partial charge >= 0.3 is 5.97 Å². The van der Waals surface area contributed by atoms with Crippen LogP contribution < -0.4 is 4.74 Å². The maximum Gasteiger partial charge on any atom is 0.341 e. The van der Waals surface area contributed by atoms with Crippen LogP contribution in [0.25, 0.3) is 0 Å². The summed E-state index contributed by atoms with van der Waals surface area (Å²) in [6.45, 7) is 6.45. The summed E-state index contributed by atoms with van der Waals surface area (Å²) in [5.41, 5.74) is 0.0953. The highest BCUT2D eigenvalue weighted by atomic mass is 16.5. The predicted octanol–water partition coefficient (Wildman–Crippen LogP) is 1.79. The second-order valence-corrected chi connectivity index (χ2v) is 6.08. The van der Waals surface area contributed by atoms with Crippen molar-refractivity contribution in [2.24, 2.45) is 0 Å². The highest BCUT2D eigenvalue weighted by Crippen LogP contribution is 2.23. The van der Waals surface area contributed by atoms with E-state index in [1.54, 1.807) is 29.2 Å². The van der Waals surface area contributed by atoms with E-state index in [-0.39, 0.29) is 17.6 Å². The molecule has 6 heteroatoms. The van der Waals surface area contributed by atoms with E-state index in [9.17, 15) is 9.59 Å². The van der Waals surface area contributed by atoms with Crippen LogP contribution >= 0.6 is 0 Å². The Morgan fingerprint density at radius 1 is 1.45 bits per heavy atom. The minimum absolute atomic E-state index is 0.0286. The van der Waals surface area contributed by atoms with Gasteiger partial charge in [-0.2, -0.15) is 0 Å². The summed E-state index contributed by atoms with van der Waals surface area (Å²) in [7, 11) is 0. The third kappa shape index (κ3) is 4.21. The fourth-order valence-corrected chi connectivity index (χ4v) is 2.65. The van der Waals surface area contributed by atoms with Crippen LogP contribution in [0, 0.1) is 0 Å². The number of carboxylic acid groups (broad SMARTS) is 1. The van der Waals surface area contributed by atoms with E-state index < -0.39 is 12.6 Å². The Bertz CT molecular complexity index is 569. The molecule has 1 aliphatic heterocycles. The molecular weight excluding hydrogens is 286 g/mol. The van der Waals surface area contributed by atoms with Crippen LogP contribution in [-0.2, 0) is 9.53 Å². The van der Waals surface area contributed by atoms with Gasteiger partial charge < -0.3 is 19.5 Å². The number of carboxylic acids is 1. The lowest BCUT2D eigenvalue weighted by molar-refractivity contribution is -0.139. The molecule has 1 N–H and O–H groups in total. The SMILES string of the molecule is CC1CN(C(=O)c2cccc(OCC(=O)O)c2)CC(C)(C)O1. The van der Waals surface area contributed by atoms with Gasteiger partial charge in [0.2, 0.25) is 0 Å². The van der Waals surface area contributed by atoms with E-state index in [2.05, 4.69) is 0 Å². The average Bonchev–Trinajstić information content (AvgIpc) is 2.42. The van der Waals surface area contributed by atoms with Crippen LogP contribution in [0.1, 0.15) is 31.1 Å². The summed E-state index contributed by atoms with van der Waals surface area (Å²) in [5.74, 6) is -0.793. The van der Waals surface area contributed by atoms with Crippen LogP contribution in [0.15, 0.2) is 24.3 Å². The van der Waals surface area contributed by atoms with Gasteiger partial charge in [-0.1, -0.05) is 6.07 Å². The number of aliphatic carboxylic acids is 1. The number of ether oxygens (including phenoxy) is 2. The first kappa shape index (κ1) is 16.3. The molecule has 0 spiro atoms. The van der Waals surface area contributed by atoms with Gasteiger partial charge in [-0.3, -0.25) is 4.79 Å². The molecule has 0 radical (unpaired) electrons. The first-order valence-electron chi connectivity index (χ1n) is 7.18. The van der Waals surface area contributed by atoms with Crippen molar-refractivity contribution in [3.8, 4) is 5.75 Å². The monoisotopic (exact) mass is 307 g/mol. The first-order valence-corrected chi connectivity index (χ1v) is 7.18. The molecular formula is C16H21NO5. The zero-order valence-corrected chi connectivity index (χ0v) is 13.0. The molecule has 1 amide bonds. The number of hydrogen-bond donors (Lipinski definition) is 1. The predicted molar refractivity (Wildman–Crippen MR) is 80.1 cm³/mol. The lowest BCUT2D eigenvalue weighted by atomic mass is 10.0. The lowest BCUT2D eigenvalue weighted by Crippen LogP contribution is -2.53. The van der Waals surface area contributed by atoms with Crippen LogP contribution in [0.2, 0.25) is 0 Å². The number of morpholine rings is 1. The van der Waals surface area contributed by atoms with Gasteiger partial charge in [-0.25, -0.2) is 4.79 Å². The summed E-state index contributed by atoms with van der Waals surface area (Å²) >= 11 is 0. The Morgan fingerprint density at radius 3 is 2.82 bits per heavy atom. The summed E-state index contributed by atoms with van der Waals surface area (Å²) in [5, 5.41) is 8.63. The van der Waals surface area contributed by atoms with E-state index >= 15 is 0 Å². The summed E-state index contributed by atoms with van der Waals surface area (Å²) in [6, 6.07) is 6.58. The van der Waals surface area contributed by atoms with Crippen molar-refractivity contribution in [2.75, 3.05) is 19.7 Å². The van der Waals surface area contributed by atoms with E-state index in [4.69, 9.17) is 14.6 Å². The Balaban J connectivity index is 2.12. The molecule has 1 atom stereocenters. The maximum atomic E-state index is 12.6. The molecule has 1 saturated heterocycles. The molecule has 0 aromatic heterocycles. The number of hydrogen-bond acceptors (Lipinski definition) is 4. The van der Waals surface area contributed by atoms with Crippen molar-refractivity contribution in [1.29, 1.82) is 0 Å². The number of rotatable bonds is 4. The molecule has 0 bridgehead atoms. The third-order valence-electron chi connectivity index (χ3n) is 3.30. The largest absolute Gasteiger partial charge is 0.482 e. The molecule has 0 aliphatic carbocycles. The topological polar surface area (TPSA) is 76.1 Å². The summed E-state index contributed by atoms with van der Waals surface area (Å²) in [4.78, 5) is 24.9. The van der Waals surface area contributed by atoms with E-state index in [0.717, 1.165) is 0 Å². The normalized spacial score (nSPS) is 20.5. The van der Waals surface area contributed by atoms with Gasteiger partial charge in [0.1, 0.15) is 5.75 Å². The van der Waals surface area contributed by atoms with Crippen LogP contribution in [0.4, 0.5) is 0 Å². The molecule has 120 valence electrons. The van der Waals surface area contributed by atoms with E-state index in [0.29, 0.717) is 24.4 Å². The molecule has 1 aromatic rings. The van der Waals surface area contributed by atoms with Crippen LogP contribution in [0.3, 0.4) is 0 Å². The highest BCUT2D eigenvalue weighted by Gasteiger charge is 2.34. The molecule has 2 rings (SSSR count). The zero-order valence-electron chi connectivity index (χ0n) is 13.0. The van der Waals surface area contributed by atoms with Gasteiger partial charge in [-0.15, -0.1) is 0 Å². The number of nitrogens with zero attached hydrogens (tertiary/aromatic N) is 1. The van der Waals surface area contributed by atoms with Crippen molar-refractivity contribution in [2.45, 2.75) is 32.5 Å². The molecule has 1 aromatic carbocycles. The minimum atomic E-state index is -1.06. The van der Waals surface area contributed by atoms with Crippen molar-refractivity contribution in [3.05, 3.63) is 29.8 Å². The van der Waals surface area contributed by atoms with E-state index in [1.807, 2.05) is 20.8 Å². The van der Waals surface area contributed by atoms with Gasteiger partial charge in [0.05, 0.1) is 11.7 Å². The van der Waals surface area contributed by atoms with Gasteiger partial charge in [-0.05, 0) is 39.0 Å². The summed E-state index contributed by atoms with van der Waals surface area (Å²) in [6.07, 6.45) is -0.0286. The second-order valence-electron chi connectivity index (χ2n) is 6.08. The average molecular weight is 307 g/mol. The molecule has 0 saturated carbocycles. The van der Waals surface area contributed by atoms with Crippen LogP contribution in [-0.4, -0.2) is 53.3 Å². The van der Waals surface area contributed by atoms with Crippen LogP contribution in [0.5, 0.6) is 5.75 Å². The second kappa shape index (κ2) is 6.36. The minimum Gasteiger partial charge on any atom is -0.482 e. The molecule has 1 heterocycles. The standard InChI is InChI=1S/C16H21NO5/c1-11-8-17(10-16(2,3)22-11)15(20)12-5-4-6-13(7-12)21-9-14(18)19/h4-7,11H,8-10H2,1-3H3,(H,18,19). The number of carbonyl (C=O) groups excluding carboxylic acids is 1. The molecule has 6 nitrogen and oxygen atoms in total. The van der Waals surface area contributed by atoms with Gasteiger partial charge in [0.25, 0.3) is 5.91 Å². The van der Waals surface area contributed by atoms with Crippen molar-refractivity contribution in [3.63, 3.8) is 0 Å². The first-order chi connectivity index (χ1) is 10.3. The Morgan fingerprint density at radius 2 is 2.18 bits per heavy atom. The highest BCUT2D eigenvalue weighted by molar-refractivity contribution is 5.94. The van der Waals surface area contributed by atoms with Gasteiger partial charge in [0, 0.05) is 18.7 Å². The Labute approximate surface area is 129 Å².